The van der Waals surface area contributed by atoms with Crippen molar-refractivity contribution in [2.45, 2.75) is 33.2 Å². The lowest BCUT2D eigenvalue weighted by atomic mass is 10.1. The molecule has 0 unspecified atom stereocenters. The van der Waals surface area contributed by atoms with E-state index in [1.165, 1.54) is 10.9 Å². The van der Waals surface area contributed by atoms with E-state index < -0.39 is 6.04 Å². The summed E-state index contributed by atoms with van der Waals surface area (Å²) >= 11 is 5.98. The van der Waals surface area contributed by atoms with Crippen molar-refractivity contribution in [3.8, 4) is 11.3 Å². The van der Waals surface area contributed by atoms with Crippen LogP contribution < -0.4 is 10.5 Å². The van der Waals surface area contributed by atoms with Crippen molar-refractivity contribution in [2.75, 3.05) is 11.4 Å². The third-order valence-corrected chi connectivity index (χ3v) is 5.69. The predicted octanol–water partition coefficient (Wildman–Crippen LogP) is 5.02. The summed E-state index contributed by atoms with van der Waals surface area (Å²) in [4.78, 5) is 33.0. The van der Waals surface area contributed by atoms with Crippen molar-refractivity contribution in [3.63, 3.8) is 0 Å². The Morgan fingerprint density at radius 2 is 1.94 bits per heavy atom. The third-order valence-electron chi connectivity index (χ3n) is 5.44. The zero-order valence-electron chi connectivity index (χ0n) is 18.1. The Balaban J connectivity index is 1.79. The maximum Gasteiger partial charge on any atom is 0.267 e. The number of benzene rings is 2. The summed E-state index contributed by atoms with van der Waals surface area (Å²) in [6, 6.07) is 14.0. The average Bonchev–Trinajstić information content (AvgIpc) is 3.22. The first-order chi connectivity index (χ1) is 15.4. The molecule has 0 radical (unpaired) electrons. The number of rotatable bonds is 6. The molecule has 1 amide bonds. The SMILES string of the molecule is CC[C@H](C(=O)N(CC)c1cccc(C)c1)n1cnc2onc(-c3ccc(Cl)cc3)c2c1=O. The predicted molar refractivity (Wildman–Crippen MR) is 125 cm³/mol. The molecule has 0 saturated heterocycles. The molecule has 0 fully saturated rings. The van der Waals surface area contributed by atoms with Gasteiger partial charge < -0.3 is 9.42 Å². The van der Waals surface area contributed by atoms with Crippen molar-refractivity contribution >= 4 is 34.3 Å². The van der Waals surface area contributed by atoms with Gasteiger partial charge in [0.1, 0.15) is 23.4 Å². The molecule has 0 aliphatic heterocycles. The maximum atomic E-state index is 13.5. The molecule has 2 aromatic carbocycles. The largest absolute Gasteiger partial charge is 0.335 e. The second-order valence-electron chi connectivity index (χ2n) is 7.52. The highest BCUT2D eigenvalue weighted by Gasteiger charge is 2.28. The highest BCUT2D eigenvalue weighted by atomic mass is 35.5. The first-order valence-corrected chi connectivity index (χ1v) is 10.8. The summed E-state index contributed by atoms with van der Waals surface area (Å²) < 4.78 is 6.67. The number of carbonyl (C=O) groups excluding carboxylic acids is 1. The van der Waals surface area contributed by atoms with Gasteiger partial charge in [0.25, 0.3) is 11.3 Å². The number of likely N-dealkylation sites (N-methyl/N-ethyl adjacent to an activating group) is 1. The zero-order valence-corrected chi connectivity index (χ0v) is 18.8. The molecular weight excluding hydrogens is 428 g/mol. The molecule has 0 aliphatic carbocycles. The van der Waals surface area contributed by atoms with Gasteiger partial charge >= 0.3 is 0 Å². The van der Waals surface area contributed by atoms with Gasteiger partial charge in [0.2, 0.25) is 5.91 Å². The van der Waals surface area contributed by atoms with Crippen LogP contribution >= 0.6 is 11.6 Å². The van der Waals surface area contributed by atoms with Crippen molar-refractivity contribution in [1.29, 1.82) is 0 Å². The Morgan fingerprint density at radius 3 is 2.59 bits per heavy atom. The Labute approximate surface area is 190 Å². The first-order valence-electron chi connectivity index (χ1n) is 10.4. The van der Waals surface area contributed by atoms with E-state index in [4.69, 9.17) is 16.1 Å². The smallest absolute Gasteiger partial charge is 0.267 e. The van der Waals surface area contributed by atoms with Gasteiger partial charge in [-0.25, -0.2) is 4.98 Å². The van der Waals surface area contributed by atoms with Gasteiger partial charge in [-0.2, -0.15) is 0 Å². The van der Waals surface area contributed by atoms with E-state index in [0.717, 1.165) is 11.3 Å². The Morgan fingerprint density at radius 1 is 1.19 bits per heavy atom. The van der Waals surface area contributed by atoms with Crippen LogP contribution in [0, 0.1) is 6.92 Å². The van der Waals surface area contributed by atoms with Crippen molar-refractivity contribution < 1.29 is 9.32 Å². The van der Waals surface area contributed by atoms with E-state index >= 15 is 0 Å². The van der Waals surface area contributed by atoms with E-state index in [-0.39, 0.29) is 22.6 Å². The molecule has 7 nitrogen and oxygen atoms in total. The standard InChI is InChI=1S/C24H23ClN4O3/c1-4-19(23(30)28(5-2)18-8-6-7-15(3)13-18)29-14-26-22-20(24(29)31)21(27-32-22)16-9-11-17(25)12-10-16/h6-14,19H,4-5H2,1-3H3/t19-/m1/s1. The first kappa shape index (κ1) is 21.8. The lowest BCUT2D eigenvalue weighted by Gasteiger charge is -2.27. The van der Waals surface area contributed by atoms with E-state index in [0.29, 0.717) is 29.2 Å². The highest BCUT2D eigenvalue weighted by Crippen LogP contribution is 2.27. The molecule has 2 heterocycles. The molecule has 2 aromatic heterocycles. The normalized spacial score (nSPS) is 12.1. The molecule has 32 heavy (non-hydrogen) atoms. The minimum atomic E-state index is -0.715. The number of anilines is 1. The van der Waals surface area contributed by atoms with Crippen LogP contribution in [0.5, 0.6) is 0 Å². The van der Waals surface area contributed by atoms with Crippen LogP contribution in [0.1, 0.15) is 31.9 Å². The van der Waals surface area contributed by atoms with Crippen LogP contribution in [0.3, 0.4) is 0 Å². The molecule has 4 aromatic rings. The van der Waals surface area contributed by atoms with Crippen LogP contribution in [0.2, 0.25) is 5.02 Å². The summed E-state index contributed by atoms with van der Waals surface area (Å²) in [7, 11) is 0. The fourth-order valence-electron chi connectivity index (χ4n) is 3.82. The summed E-state index contributed by atoms with van der Waals surface area (Å²) in [6.45, 7) is 6.24. The van der Waals surface area contributed by atoms with Crippen LogP contribution in [0.4, 0.5) is 5.69 Å². The van der Waals surface area contributed by atoms with E-state index in [1.54, 1.807) is 29.2 Å². The van der Waals surface area contributed by atoms with Gasteiger partial charge in [0.05, 0.1) is 0 Å². The average molecular weight is 451 g/mol. The van der Waals surface area contributed by atoms with Gasteiger partial charge in [-0.15, -0.1) is 0 Å². The maximum absolute atomic E-state index is 13.5. The molecule has 4 rings (SSSR count). The topological polar surface area (TPSA) is 81.2 Å². The molecule has 0 aliphatic rings. The quantitative estimate of drug-likeness (QED) is 0.412. The minimum absolute atomic E-state index is 0.129. The van der Waals surface area contributed by atoms with Gasteiger partial charge in [0, 0.05) is 22.8 Å². The van der Waals surface area contributed by atoms with Crippen LogP contribution in [-0.4, -0.2) is 27.2 Å². The summed E-state index contributed by atoms with van der Waals surface area (Å²) in [5.74, 6) is -0.173. The number of hydrogen-bond acceptors (Lipinski definition) is 5. The molecule has 1 atom stereocenters. The van der Waals surface area contributed by atoms with Gasteiger partial charge in [-0.1, -0.05) is 47.9 Å². The molecule has 0 spiro atoms. The molecule has 164 valence electrons. The second kappa shape index (κ2) is 8.96. The third kappa shape index (κ3) is 3.91. The van der Waals surface area contributed by atoms with Crippen molar-refractivity contribution in [2.24, 2.45) is 0 Å². The number of halogens is 1. The van der Waals surface area contributed by atoms with Crippen LogP contribution in [0.15, 0.2) is 64.2 Å². The lowest BCUT2D eigenvalue weighted by Crippen LogP contribution is -2.40. The Hall–Kier alpha value is -3.45. The van der Waals surface area contributed by atoms with E-state index in [2.05, 4.69) is 10.1 Å². The van der Waals surface area contributed by atoms with E-state index in [1.807, 2.05) is 45.0 Å². The number of fused-ring (bicyclic) bond motifs is 1. The number of hydrogen-bond donors (Lipinski definition) is 0. The Kier molecular flexibility index (Phi) is 6.10. The van der Waals surface area contributed by atoms with Gasteiger partial charge in [0.15, 0.2) is 0 Å². The highest BCUT2D eigenvalue weighted by molar-refractivity contribution is 6.30. The number of aryl methyl sites for hydroxylation is 1. The van der Waals surface area contributed by atoms with Gasteiger partial charge in [-0.05, 0) is 50.1 Å². The number of aromatic nitrogens is 3. The summed E-state index contributed by atoms with van der Waals surface area (Å²) in [5.41, 5.74) is 2.66. The minimum Gasteiger partial charge on any atom is -0.335 e. The summed E-state index contributed by atoms with van der Waals surface area (Å²) in [6.07, 6.45) is 1.79. The number of nitrogens with zero attached hydrogens (tertiary/aromatic N) is 4. The number of carbonyl (C=O) groups is 1. The Bertz CT molecular complexity index is 1330. The van der Waals surface area contributed by atoms with Crippen molar-refractivity contribution in [3.05, 3.63) is 75.8 Å². The zero-order chi connectivity index (χ0) is 22.8. The molecule has 8 heteroatoms. The monoisotopic (exact) mass is 450 g/mol. The molecule has 0 saturated carbocycles. The lowest BCUT2D eigenvalue weighted by molar-refractivity contribution is -0.121. The van der Waals surface area contributed by atoms with Crippen molar-refractivity contribution in [1.82, 2.24) is 14.7 Å². The fraction of sp³-hybridized carbons (Fsp3) is 0.250. The molecule has 0 N–H and O–H groups in total. The van der Waals surface area contributed by atoms with Crippen LogP contribution in [0.25, 0.3) is 22.4 Å². The fourth-order valence-corrected chi connectivity index (χ4v) is 3.94. The van der Waals surface area contributed by atoms with Gasteiger partial charge in [-0.3, -0.25) is 14.2 Å². The summed E-state index contributed by atoms with van der Waals surface area (Å²) in [5, 5.41) is 4.86. The molecule has 0 bridgehead atoms. The van der Waals surface area contributed by atoms with E-state index in [9.17, 15) is 9.59 Å². The number of amides is 1. The molecular formula is C24H23ClN4O3. The second-order valence-corrected chi connectivity index (χ2v) is 7.96. The van der Waals surface area contributed by atoms with Crippen LogP contribution in [-0.2, 0) is 4.79 Å².